The average molecular weight is 329 g/mol. The second-order valence-electron chi connectivity index (χ2n) is 5.46. The second-order valence-corrected chi connectivity index (χ2v) is 6.31. The van der Waals surface area contributed by atoms with E-state index < -0.39 is 17.7 Å². The third kappa shape index (κ3) is 2.39. The van der Waals surface area contributed by atoms with E-state index in [1.807, 2.05) is 0 Å². The van der Waals surface area contributed by atoms with Crippen LogP contribution < -0.4 is 5.32 Å². The van der Waals surface area contributed by atoms with E-state index in [1.165, 1.54) is 6.07 Å². The molecular weight excluding hydrogens is 315 g/mol. The molecule has 7 heteroatoms. The van der Waals surface area contributed by atoms with Gasteiger partial charge in [-0.1, -0.05) is 29.3 Å². The largest absolute Gasteiger partial charge is 0.386 e. The molecule has 3 amide bonds. The van der Waals surface area contributed by atoms with Gasteiger partial charge in [-0.15, -0.1) is 0 Å². The van der Waals surface area contributed by atoms with Crippen molar-refractivity contribution in [1.29, 1.82) is 0 Å². The van der Waals surface area contributed by atoms with Gasteiger partial charge in [0.05, 0.1) is 12.6 Å². The summed E-state index contributed by atoms with van der Waals surface area (Å²) in [6.45, 7) is -0.117. The first-order valence-corrected chi connectivity index (χ1v) is 7.46. The highest BCUT2D eigenvalue weighted by Gasteiger charge is 2.54. The van der Waals surface area contributed by atoms with Crippen molar-refractivity contribution < 1.29 is 14.7 Å². The van der Waals surface area contributed by atoms with Crippen molar-refractivity contribution in [3.05, 3.63) is 33.8 Å². The van der Waals surface area contributed by atoms with E-state index >= 15 is 0 Å². The summed E-state index contributed by atoms with van der Waals surface area (Å²) in [5, 5.41) is 13.7. The molecule has 2 fully saturated rings. The van der Waals surface area contributed by atoms with Crippen molar-refractivity contribution in [2.24, 2.45) is 0 Å². The van der Waals surface area contributed by atoms with Gasteiger partial charge in [-0.25, -0.2) is 4.79 Å². The van der Waals surface area contributed by atoms with Crippen LogP contribution in [0.25, 0.3) is 0 Å². The topological polar surface area (TPSA) is 69.6 Å². The highest BCUT2D eigenvalue weighted by atomic mass is 35.5. The van der Waals surface area contributed by atoms with Gasteiger partial charge in [-0.05, 0) is 31.4 Å². The molecule has 0 aromatic heterocycles. The first-order chi connectivity index (χ1) is 9.93. The fourth-order valence-corrected chi connectivity index (χ4v) is 3.29. The lowest BCUT2D eigenvalue weighted by Gasteiger charge is -2.35. The Morgan fingerprint density at radius 1 is 1.33 bits per heavy atom. The molecular formula is C14H14Cl2N2O3. The predicted octanol–water partition coefficient (Wildman–Crippen LogP) is 2.50. The molecule has 1 aliphatic heterocycles. The Bertz CT molecular complexity index is 616. The molecule has 1 aliphatic carbocycles. The molecule has 1 unspecified atom stereocenters. The molecule has 2 aliphatic rings. The molecule has 5 nitrogen and oxygen atoms in total. The van der Waals surface area contributed by atoms with Crippen LogP contribution in [0.1, 0.15) is 30.9 Å². The second kappa shape index (κ2) is 5.16. The Balaban J connectivity index is 1.77. The number of imide groups is 1. The SMILES string of the molecule is O=C1NC2(CCC2)C(=O)N1CC(O)c1ccc(Cl)cc1Cl. The van der Waals surface area contributed by atoms with E-state index in [1.54, 1.807) is 12.1 Å². The minimum Gasteiger partial charge on any atom is -0.386 e. The number of urea groups is 1. The van der Waals surface area contributed by atoms with Crippen molar-refractivity contribution in [2.75, 3.05) is 6.54 Å². The monoisotopic (exact) mass is 328 g/mol. The molecule has 2 N–H and O–H groups in total. The minimum absolute atomic E-state index is 0.117. The maximum atomic E-state index is 12.3. The molecule has 1 spiro atoms. The van der Waals surface area contributed by atoms with Crippen molar-refractivity contribution in [3.63, 3.8) is 0 Å². The van der Waals surface area contributed by atoms with Crippen molar-refractivity contribution in [3.8, 4) is 0 Å². The Hall–Kier alpha value is -1.30. The number of aliphatic hydroxyl groups is 1. The smallest absolute Gasteiger partial charge is 0.325 e. The van der Waals surface area contributed by atoms with Gasteiger partial charge in [0.2, 0.25) is 0 Å². The van der Waals surface area contributed by atoms with E-state index in [4.69, 9.17) is 23.2 Å². The number of halogens is 2. The summed E-state index contributed by atoms with van der Waals surface area (Å²) >= 11 is 11.8. The summed E-state index contributed by atoms with van der Waals surface area (Å²) in [7, 11) is 0. The van der Waals surface area contributed by atoms with Gasteiger partial charge < -0.3 is 10.4 Å². The standard InChI is InChI=1S/C14H14Cl2N2O3/c15-8-2-3-9(10(16)6-8)11(19)7-18-12(20)14(4-1-5-14)17-13(18)21/h2-3,6,11,19H,1,4-5,7H2,(H,17,21). The van der Waals surface area contributed by atoms with Gasteiger partial charge >= 0.3 is 6.03 Å². The number of hydrogen-bond donors (Lipinski definition) is 2. The molecule has 1 saturated heterocycles. The van der Waals surface area contributed by atoms with Gasteiger partial charge in [0.15, 0.2) is 0 Å². The molecule has 0 radical (unpaired) electrons. The number of carbonyl (C=O) groups excluding carboxylic acids is 2. The maximum absolute atomic E-state index is 12.3. The van der Waals surface area contributed by atoms with Crippen molar-refractivity contribution >= 4 is 35.1 Å². The van der Waals surface area contributed by atoms with E-state index in [-0.39, 0.29) is 12.5 Å². The van der Waals surface area contributed by atoms with E-state index in [0.717, 1.165) is 11.3 Å². The zero-order valence-electron chi connectivity index (χ0n) is 11.1. The number of β-amino-alcohol motifs (C(OH)–C–C–N with tert-alkyl or cyclic N) is 1. The minimum atomic E-state index is -1.04. The Labute approximate surface area is 131 Å². The number of nitrogens with zero attached hydrogens (tertiary/aromatic N) is 1. The first kappa shape index (κ1) is 14.6. The van der Waals surface area contributed by atoms with Gasteiger partial charge in [0.1, 0.15) is 5.54 Å². The third-order valence-electron chi connectivity index (χ3n) is 4.13. The molecule has 3 rings (SSSR count). The summed E-state index contributed by atoms with van der Waals surface area (Å²) in [5.74, 6) is -0.261. The van der Waals surface area contributed by atoms with Crippen LogP contribution in [0.4, 0.5) is 4.79 Å². The molecule has 1 atom stereocenters. The van der Waals surface area contributed by atoms with Crippen LogP contribution >= 0.6 is 23.2 Å². The lowest BCUT2D eigenvalue weighted by molar-refractivity contribution is -0.135. The Morgan fingerprint density at radius 3 is 2.57 bits per heavy atom. The Morgan fingerprint density at radius 2 is 2.05 bits per heavy atom. The van der Waals surface area contributed by atoms with Crippen molar-refractivity contribution in [2.45, 2.75) is 30.9 Å². The van der Waals surface area contributed by atoms with Crippen LogP contribution in [-0.4, -0.2) is 34.0 Å². The van der Waals surface area contributed by atoms with Crippen LogP contribution in [0.2, 0.25) is 10.0 Å². The average Bonchev–Trinajstić information content (AvgIpc) is 2.63. The molecule has 1 aromatic rings. The number of hydrogen-bond acceptors (Lipinski definition) is 3. The van der Waals surface area contributed by atoms with Crippen LogP contribution in [-0.2, 0) is 4.79 Å². The number of rotatable bonds is 3. The number of carbonyl (C=O) groups is 2. The third-order valence-corrected chi connectivity index (χ3v) is 4.69. The van der Waals surface area contributed by atoms with Crippen LogP contribution in [0.3, 0.4) is 0 Å². The predicted molar refractivity (Wildman–Crippen MR) is 78.2 cm³/mol. The van der Waals surface area contributed by atoms with E-state index in [9.17, 15) is 14.7 Å². The fraction of sp³-hybridized carbons (Fsp3) is 0.429. The molecule has 112 valence electrons. The summed E-state index contributed by atoms with van der Waals surface area (Å²) in [5.41, 5.74) is -0.295. The molecule has 0 bridgehead atoms. The summed E-state index contributed by atoms with van der Waals surface area (Å²) < 4.78 is 0. The first-order valence-electron chi connectivity index (χ1n) is 6.70. The van der Waals surface area contributed by atoms with Crippen LogP contribution in [0, 0.1) is 0 Å². The normalized spacial score (nSPS) is 21.4. The summed E-state index contributed by atoms with van der Waals surface area (Å²) in [6, 6.07) is 4.25. The van der Waals surface area contributed by atoms with Gasteiger partial charge in [0, 0.05) is 15.6 Å². The number of amides is 3. The van der Waals surface area contributed by atoms with E-state index in [0.29, 0.717) is 28.5 Å². The summed E-state index contributed by atoms with van der Waals surface area (Å²) in [6.07, 6.45) is 1.20. The number of benzene rings is 1. The molecule has 1 saturated carbocycles. The Kier molecular flexibility index (Phi) is 3.59. The molecule has 21 heavy (non-hydrogen) atoms. The van der Waals surface area contributed by atoms with Crippen molar-refractivity contribution in [1.82, 2.24) is 10.2 Å². The molecule has 1 aromatic carbocycles. The lowest BCUT2D eigenvalue weighted by Crippen LogP contribution is -2.52. The van der Waals surface area contributed by atoms with Gasteiger partial charge in [0.25, 0.3) is 5.91 Å². The fourth-order valence-electron chi connectivity index (χ4n) is 2.75. The zero-order valence-corrected chi connectivity index (χ0v) is 12.6. The maximum Gasteiger partial charge on any atom is 0.325 e. The highest BCUT2D eigenvalue weighted by molar-refractivity contribution is 6.35. The van der Waals surface area contributed by atoms with E-state index in [2.05, 4.69) is 5.32 Å². The van der Waals surface area contributed by atoms with Gasteiger partial charge in [-0.3, -0.25) is 9.69 Å². The van der Waals surface area contributed by atoms with Crippen LogP contribution in [0.15, 0.2) is 18.2 Å². The highest BCUT2D eigenvalue weighted by Crippen LogP contribution is 2.38. The zero-order chi connectivity index (χ0) is 15.2. The quantitative estimate of drug-likeness (QED) is 0.837. The summed E-state index contributed by atoms with van der Waals surface area (Å²) in [4.78, 5) is 25.3. The lowest BCUT2D eigenvalue weighted by atomic mass is 9.77. The number of aliphatic hydroxyl groups excluding tert-OH is 1. The van der Waals surface area contributed by atoms with Crippen LogP contribution in [0.5, 0.6) is 0 Å². The van der Waals surface area contributed by atoms with Gasteiger partial charge in [-0.2, -0.15) is 0 Å². The molecule has 1 heterocycles. The number of nitrogens with one attached hydrogen (secondary N) is 1.